The van der Waals surface area contributed by atoms with E-state index in [9.17, 15) is 14.0 Å². The number of amides is 1. The van der Waals surface area contributed by atoms with Gasteiger partial charge in [-0.3, -0.25) is 4.90 Å². The average Bonchev–Trinajstić information content (AvgIpc) is 2.93. The van der Waals surface area contributed by atoms with Crippen molar-refractivity contribution >= 4 is 22.8 Å². The Morgan fingerprint density at radius 2 is 2.04 bits per heavy atom. The first kappa shape index (κ1) is 15.0. The Bertz CT molecular complexity index is 760. The quantitative estimate of drug-likeness (QED) is 0.896. The zero-order chi connectivity index (χ0) is 16.6. The third kappa shape index (κ3) is 2.75. The van der Waals surface area contributed by atoms with E-state index in [4.69, 9.17) is 14.9 Å². The van der Waals surface area contributed by atoms with Crippen LogP contribution in [0.3, 0.4) is 0 Å². The molecular weight excluding hydrogens is 307 g/mol. The van der Waals surface area contributed by atoms with E-state index in [0.29, 0.717) is 10.8 Å². The van der Waals surface area contributed by atoms with Crippen molar-refractivity contribution in [3.8, 4) is 5.88 Å². The first-order valence-corrected chi connectivity index (χ1v) is 6.89. The predicted octanol–water partition coefficient (Wildman–Crippen LogP) is 1.96. The van der Waals surface area contributed by atoms with Gasteiger partial charge < -0.3 is 14.9 Å². The highest BCUT2D eigenvalue weighted by atomic mass is 19.1. The second-order valence-electron chi connectivity index (χ2n) is 5.22. The maximum atomic E-state index is 13.8. The fourth-order valence-corrected chi connectivity index (χ4v) is 2.72. The lowest BCUT2D eigenvalue weighted by molar-refractivity contribution is -0.141. The smallest absolute Gasteiger partial charge is 0.408 e. The van der Waals surface area contributed by atoms with E-state index in [0.717, 1.165) is 4.90 Å². The number of hydrogen-bond acceptors (Lipinski definition) is 4. The summed E-state index contributed by atoms with van der Waals surface area (Å²) >= 11 is 0. The summed E-state index contributed by atoms with van der Waals surface area (Å²) in [4.78, 5) is 27.1. The number of hydrogen-bond donors (Lipinski definition) is 2. The number of likely N-dealkylation sites (tertiary alicyclic amines) is 1. The number of benzene rings is 1. The van der Waals surface area contributed by atoms with Crippen molar-refractivity contribution < 1.29 is 28.9 Å². The van der Waals surface area contributed by atoms with Gasteiger partial charge in [0.15, 0.2) is 0 Å². The van der Waals surface area contributed by atoms with Crippen LogP contribution in [0.4, 0.5) is 9.18 Å². The highest BCUT2D eigenvalue weighted by Crippen LogP contribution is 2.28. The van der Waals surface area contributed by atoms with E-state index in [-0.39, 0.29) is 18.8 Å². The van der Waals surface area contributed by atoms with Gasteiger partial charge in [0.1, 0.15) is 18.0 Å². The number of ether oxygens (including phenoxy) is 1. The number of carbonyl (C=O) groups is 2. The molecule has 2 N–H and O–H groups in total. The Labute approximate surface area is 129 Å². The van der Waals surface area contributed by atoms with Crippen LogP contribution in [0, 0.1) is 5.82 Å². The second-order valence-corrected chi connectivity index (χ2v) is 5.22. The fraction of sp³-hybridized carbons (Fsp3) is 0.267. The van der Waals surface area contributed by atoms with Crippen LogP contribution in [0.2, 0.25) is 0 Å². The number of carboxylic acids is 1. The summed E-state index contributed by atoms with van der Waals surface area (Å²) in [6.07, 6.45) is -0.581. The van der Waals surface area contributed by atoms with Gasteiger partial charge in [-0.05, 0) is 18.2 Å². The summed E-state index contributed by atoms with van der Waals surface area (Å²) in [7, 11) is 0. The molecule has 1 aliphatic rings. The van der Waals surface area contributed by atoms with Crippen LogP contribution in [0.25, 0.3) is 10.8 Å². The lowest BCUT2D eigenvalue weighted by Crippen LogP contribution is -2.39. The Kier molecular flexibility index (Phi) is 3.73. The maximum absolute atomic E-state index is 13.8. The van der Waals surface area contributed by atoms with Crippen LogP contribution in [0.1, 0.15) is 6.42 Å². The summed E-state index contributed by atoms with van der Waals surface area (Å²) < 4.78 is 19.4. The summed E-state index contributed by atoms with van der Waals surface area (Å²) in [6.45, 7) is -0.0836. The number of aromatic nitrogens is 1. The molecule has 2 heterocycles. The topological polar surface area (TPSA) is 100.0 Å². The van der Waals surface area contributed by atoms with Gasteiger partial charge in [0.05, 0.1) is 6.54 Å². The molecule has 7 nitrogen and oxygen atoms in total. The van der Waals surface area contributed by atoms with Crippen molar-refractivity contribution in [2.45, 2.75) is 18.6 Å². The van der Waals surface area contributed by atoms with E-state index >= 15 is 0 Å². The Balaban J connectivity index is 1.87. The van der Waals surface area contributed by atoms with Crippen LogP contribution in [0.15, 0.2) is 30.5 Å². The molecule has 2 unspecified atom stereocenters. The molecule has 1 saturated heterocycles. The molecule has 8 heteroatoms. The van der Waals surface area contributed by atoms with Gasteiger partial charge in [-0.2, -0.15) is 0 Å². The van der Waals surface area contributed by atoms with Crippen LogP contribution in [0.5, 0.6) is 5.88 Å². The number of halogens is 1. The van der Waals surface area contributed by atoms with Crippen molar-refractivity contribution in [3.63, 3.8) is 0 Å². The first-order valence-electron chi connectivity index (χ1n) is 6.89. The first-order chi connectivity index (χ1) is 11.0. The lowest BCUT2D eigenvalue weighted by atomic mass is 10.1. The molecule has 0 spiro atoms. The molecule has 0 radical (unpaired) electrons. The minimum Gasteiger partial charge on any atom is -0.480 e. The van der Waals surface area contributed by atoms with Crippen molar-refractivity contribution in [2.24, 2.45) is 0 Å². The van der Waals surface area contributed by atoms with Gasteiger partial charge >= 0.3 is 12.1 Å². The number of nitrogens with zero attached hydrogens (tertiary/aromatic N) is 2. The molecule has 0 saturated carbocycles. The summed E-state index contributed by atoms with van der Waals surface area (Å²) in [5.74, 6) is -1.49. The number of fused-ring (bicyclic) bond motifs is 1. The molecular formula is C15H13FN2O5. The maximum Gasteiger partial charge on any atom is 0.408 e. The molecule has 1 fully saturated rings. The number of aliphatic carboxylic acids is 1. The Morgan fingerprint density at radius 3 is 2.70 bits per heavy atom. The van der Waals surface area contributed by atoms with Crippen LogP contribution >= 0.6 is 0 Å². The highest BCUT2D eigenvalue weighted by Gasteiger charge is 2.41. The van der Waals surface area contributed by atoms with Gasteiger partial charge in [0.2, 0.25) is 5.88 Å². The van der Waals surface area contributed by atoms with Gasteiger partial charge in [-0.25, -0.2) is 19.0 Å². The van der Waals surface area contributed by atoms with E-state index in [2.05, 4.69) is 4.98 Å². The molecule has 1 aromatic heterocycles. The average molecular weight is 320 g/mol. The molecule has 23 heavy (non-hydrogen) atoms. The normalized spacial score (nSPS) is 20.7. The van der Waals surface area contributed by atoms with Crippen LogP contribution in [-0.2, 0) is 4.79 Å². The zero-order valence-electron chi connectivity index (χ0n) is 11.8. The summed E-state index contributed by atoms with van der Waals surface area (Å²) in [6, 6.07) is 4.82. The van der Waals surface area contributed by atoms with Gasteiger partial charge in [0, 0.05) is 23.4 Å². The van der Waals surface area contributed by atoms with Crippen molar-refractivity contribution in [2.75, 3.05) is 6.54 Å². The number of rotatable bonds is 3. The minimum atomic E-state index is -1.32. The van der Waals surface area contributed by atoms with Crippen molar-refractivity contribution in [3.05, 3.63) is 36.3 Å². The van der Waals surface area contributed by atoms with Gasteiger partial charge in [-0.1, -0.05) is 6.07 Å². The van der Waals surface area contributed by atoms with Crippen molar-refractivity contribution in [1.82, 2.24) is 9.88 Å². The predicted molar refractivity (Wildman–Crippen MR) is 76.9 cm³/mol. The second kappa shape index (κ2) is 5.71. The molecule has 0 bridgehead atoms. The van der Waals surface area contributed by atoms with Crippen molar-refractivity contribution in [1.29, 1.82) is 0 Å². The fourth-order valence-electron chi connectivity index (χ4n) is 2.72. The molecule has 2 atom stereocenters. The van der Waals surface area contributed by atoms with Crippen LogP contribution < -0.4 is 4.74 Å². The van der Waals surface area contributed by atoms with Gasteiger partial charge in [0.25, 0.3) is 0 Å². The van der Waals surface area contributed by atoms with E-state index in [1.165, 1.54) is 24.4 Å². The molecule has 120 valence electrons. The third-order valence-electron chi connectivity index (χ3n) is 3.79. The summed E-state index contributed by atoms with van der Waals surface area (Å²) in [5, 5.41) is 19.0. The summed E-state index contributed by atoms with van der Waals surface area (Å²) in [5.41, 5.74) is 0. The number of pyridine rings is 1. The van der Waals surface area contributed by atoms with Crippen LogP contribution in [-0.4, -0.2) is 50.9 Å². The molecule has 0 aliphatic carbocycles. The Hall–Kier alpha value is -2.90. The standard InChI is InChI=1S/C15H13FN2O5/c16-11-3-1-2-10-9(11)4-5-17-13(10)23-8-6-12(14(19)20)18(7-8)15(21)22/h1-5,8,12H,6-7H2,(H,19,20)(H,21,22). The molecule has 3 rings (SSSR count). The minimum absolute atomic E-state index is 0.00895. The van der Waals surface area contributed by atoms with E-state index in [1.54, 1.807) is 6.07 Å². The zero-order valence-corrected chi connectivity index (χ0v) is 11.8. The third-order valence-corrected chi connectivity index (χ3v) is 3.79. The van der Waals surface area contributed by atoms with E-state index < -0.39 is 30.0 Å². The lowest BCUT2D eigenvalue weighted by Gasteiger charge is -2.16. The SMILES string of the molecule is O=C(O)C1CC(Oc2nccc3c(F)cccc23)CN1C(=O)O. The largest absolute Gasteiger partial charge is 0.480 e. The van der Waals surface area contributed by atoms with Gasteiger partial charge in [-0.15, -0.1) is 0 Å². The molecule has 1 amide bonds. The molecule has 2 aromatic rings. The monoisotopic (exact) mass is 320 g/mol. The molecule has 1 aliphatic heterocycles. The Morgan fingerprint density at radius 1 is 1.26 bits per heavy atom. The highest BCUT2D eigenvalue weighted by molar-refractivity contribution is 5.87. The number of carboxylic acid groups (broad SMARTS) is 2. The molecule has 1 aromatic carbocycles. The van der Waals surface area contributed by atoms with E-state index in [1.807, 2.05) is 0 Å².